The molecule has 2 N–H and O–H groups in total. The van der Waals surface area contributed by atoms with Gasteiger partial charge in [0.1, 0.15) is 0 Å². The van der Waals surface area contributed by atoms with Gasteiger partial charge in [0.05, 0.1) is 33.3 Å². The highest BCUT2D eigenvalue weighted by atomic mass is 15.5. The van der Waals surface area contributed by atoms with E-state index in [-0.39, 0.29) is 0 Å². The van der Waals surface area contributed by atoms with Gasteiger partial charge in [-0.2, -0.15) is 10.5 Å². The molecule has 168 valence electrons. The number of aliphatic imine (C=N–C) groups is 2. The van der Waals surface area contributed by atoms with Crippen LogP contribution in [-0.2, 0) is 13.1 Å². The number of benzene rings is 2. The summed E-state index contributed by atoms with van der Waals surface area (Å²) in [4.78, 5) is 17.5. The van der Waals surface area contributed by atoms with E-state index in [2.05, 4.69) is 54.7 Å². The van der Waals surface area contributed by atoms with Gasteiger partial charge in [-0.1, -0.05) is 60.7 Å². The van der Waals surface area contributed by atoms with Crippen molar-refractivity contribution in [1.29, 1.82) is 10.5 Å². The van der Waals surface area contributed by atoms with Crippen LogP contribution in [0.5, 0.6) is 0 Å². The van der Waals surface area contributed by atoms with Gasteiger partial charge in [0.15, 0.2) is 12.4 Å². The molecule has 0 amide bonds. The maximum absolute atomic E-state index is 9.20. The molecule has 0 atom stereocenters. The number of nitrogens with one attached hydrogen (secondary N) is 2. The van der Waals surface area contributed by atoms with E-state index in [1.807, 2.05) is 58.6 Å². The third kappa shape index (κ3) is 5.98. The van der Waals surface area contributed by atoms with Crippen LogP contribution in [0.2, 0.25) is 0 Å². The van der Waals surface area contributed by atoms with E-state index in [0.717, 1.165) is 13.1 Å². The fraction of sp³-hybridized carbons (Fsp3) is 0.304. The molecule has 2 aliphatic rings. The molecule has 2 aromatic rings. The topological polar surface area (TPSA) is 109 Å². The number of hydrogen-bond donors (Lipinski definition) is 2. The Balaban J connectivity index is 1.47. The van der Waals surface area contributed by atoms with Crippen molar-refractivity contribution in [2.24, 2.45) is 9.98 Å². The average Bonchev–Trinajstić information content (AvgIpc) is 2.84. The zero-order valence-electron chi connectivity index (χ0n) is 18.3. The van der Waals surface area contributed by atoms with Gasteiger partial charge in [-0.15, -0.1) is 0 Å². The number of nitrogens with zero attached hydrogens (tertiary/aromatic N) is 8. The molecule has 0 aliphatic carbocycles. The van der Waals surface area contributed by atoms with Crippen molar-refractivity contribution in [3.8, 4) is 12.4 Å². The Morgan fingerprint density at radius 3 is 1.52 bits per heavy atom. The first-order chi connectivity index (χ1) is 16.2. The summed E-state index contributed by atoms with van der Waals surface area (Å²) in [5.41, 5.74) is 2.40. The van der Waals surface area contributed by atoms with E-state index in [9.17, 15) is 10.5 Å². The Hall–Kier alpha value is -4.12. The molecule has 33 heavy (non-hydrogen) atoms. The van der Waals surface area contributed by atoms with Crippen LogP contribution < -0.4 is 10.6 Å². The molecule has 4 rings (SSSR count). The maximum atomic E-state index is 9.20. The highest BCUT2D eigenvalue weighted by Crippen LogP contribution is 2.14. The van der Waals surface area contributed by atoms with E-state index in [1.54, 1.807) is 0 Å². The second-order valence-corrected chi connectivity index (χ2v) is 7.85. The van der Waals surface area contributed by atoms with Crippen molar-refractivity contribution in [2.75, 3.05) is 33.3 Å². The number of nitriles is 2. The summed E-state index contributed by atoms with van der Waals surface area (Å²) in [5, 5.41) is 23.8. The molecule has 0 unspecified atom stereocenters. The predicted octanol–water partition coefficient (Wildman–Crippen LogP) is 1.26. The van der Waals surface area contributed by atoms with Crippen LogP contribution in [0.15, 0.2) is 70.6 Å². The lowest BCUT2D eigenvalue weighted by atomic mass is 10.2. The van der Waals surface area contributed by atoms with Gasteiger partial charge in [0.2, 0.25) is 11.9 Å². The summed E-state index contributed by atoms with van der Waals surface area (Å²) in [5.74, 6) is 1.02. The first-order valence-corrected chi connectivity index (χ1v) is 10.7. The maximum Gasteiger partial charge on any atom is 0.211 e. The fourth-order valence-corrected chi connectivity index (χ4v) is 3.89. The molecule has 0 spiro atoms. The van der Waals surface area contributed by atoms with Crippen molar-refractivity contribution in [2.45, 2.75) is 13.1 Å². The van der Waals surface area contributed by atoms with Gasteiger partial charge < -0.3 is 9.80 Å². The number of rotatable bonds is 6. The summed E-state index contributed by atoms with van der Waals surface area (Å²) in [6, 6.07) is 20.4. The molecule has 0 fully saturated rings. The van der Waals surface area contributed by atoms with Gasteiger partial charge in [-0.25, -0.2) is 9.98 Å². The van der Waals surface area contributed by atoms with Crippen molar-refractivity contribution < 1.29 is 0 Å². The van der Waals surface area contributed by atoms with Crippen LogP contribution >= 0.6 is 0 Å². The summed E-state index contributed by atoms with van der Waals surface area (Å²) in [6.45, 7) is 4.06. The van der Waals surface area contributed by atoms with Gasteiger partial charge in [0, 0.05) is 13.1 Å². The summed E-state index contributed by atoms with van der Waals surface area (Å²) in [6.07, 6.45) is 3.96. The minimum atomic E-state index is 0.414. The standard InChI is InChI=1S/C23H26N10/c24-13-26-22-28-15-30(11-20-7-3-1-4-8-20)17-32(22)19-33-18-31(16-29-23(33)27-14-25)12-21-9-5-2-6-10-21/h1-10H,11-12,15-19H2,(H,26,28)(H,27,29). The van der Waals surface area contributed by atoms with Crippen molar-refractivity contribution >= 4 is 11.9 Å². The Morgan fingerprint density at radius 2 is 1.12 bits per heavy atom. The van der Waals surface area contributed by atoms with Crippen LogP contribution in [0.3, 0.4) is 0 Å². The van der Waals surface area contributed by atoms with Gasteiger partial charge in [-0.05, 0) is 11.1 Å². The molecule has 10 heteroatoms. The van der Waals surface area contributed by atoms with Crippen molar-refractivity contribution in [3.63, 3.8) is 0 Å². The zero-order chi connectivity index (χ0) is 22.9. The SMILES string of the molecule is N#CNC1=NCN(Cc2ccccc2)CN1CN1CN(Cc2ccccc2)CN=C1NC#N. The summed E-state index contributed by atoms with van der Waals surface area (Å²) >= 11 is 0. The lowest BCUT2D eigenvalue weighted by molar-refractivity contribution is 0.0903. The Morgan fingerprint density at radius 1 is 0.697 bits per heavy atom. The molecule has 2 aromatic carbocycles. The van der Waals surface area contributed by atoms with Gasteiger partial charge >= 0.3 is 0 Å². The van der Waals surface area contributed by atoms with Crippen molar-refractivity contribution in [3.05, 3.63) is 71.8 Å². The van der Waals surface area contributed by atoms with E-state index in [1.165, 1.54) is 11.1 Å². The fourth-order valence-electron chi connectivity index (χ4n) is 3.89. The third-order valence-corrected chi connectivity index (χ3v) is 5.36. The van der Waals surface area contributed by atoms with E-state index in [4.69, 9.17) is 0 Å². The lowest BCUT2D eigenvalue weighted by Crippen LogP contribution is -2.58. The Labute approximate surface area is 193 Å². The smallest absolute Gasteiger partial charge is 0.211 e. The quantitative estimate of drug-likeness (QED) is 0.508. The monoisotopic (exact) mass is 442 g/mol. The predicted molar refractivity (Wildman–Crippen MR) is 124 cm³/mol. The Bertz CT molecular complexity index is 969. The summed E-state index contributed by atoms with van der Waals surface area (Å²) < 4.78 is 0. The average molecular weight is 443 g/mol. The molecular weight excluding hydrogens is 416 g/mol. The molecule has 0 radical (unpaired) electrons. The molecule has 0 saturated heterocycles. The second-order valence-electron chi connectivity index (χ2n) is 7.85. The van der Waals surface area contributed by atoms with E-state index in [0.29, 0.717) is 45.3 Å². The van der Waals surface area contributed by atoms with Gasteiger partial charge in [0.25, 0.3) is 0 Å². The molecule has 0 saturated carbocycles. The van der Waals surface area contributed by atoms with Crippen LogP contribution in [0.1, 0.15) is 11.1 Å². The highest BCUT2D eigenvalue weighted by molar-refractivity contribution is 5.84. The van der Waals surface area contributed by atoms with E-state index >= 15 is 0 Å². The van der Waals surface area contributed by atoms with Crippen LogP contribution in [0.25, 0.3) is 0 Å². The van der Waals surface area contributed by atoms with Crippen LogP contribution in [-0.4, -0.2) is 64.9 Å². The lowest BCUT2D eigenvalue weighted by Gasteiger charge is -2.41. The first kappa shape index (κ1) is 22.1. The summed E-state index contributed by atoms with van der Waals surface area (Å²) in [7, 11) is 0. The largest absolute Gasteiger partial charge is 0.311 e. The third-order valence-electron chi connectivity index (χ3n) is 5.36. The van der Waals surface area contributed by atoms with Crippen LogP contribution in [0, 0.1) is 22.9 Å². The number of hydrogen-bond acceptors (Lipinski definition) is 10. The second kappa shape index (κ2) is 11.0. The molecule has 2 aliphatic heterocycles. The van der Waals surface area contributed by atoms with Crippen LogP contribution in [0.4, 0.5) is 0 Å². The Kier molecular flexibility index (Phi) is 7.33. The first-order valence-electron chi connectivity index (χ1n) is 10.7. The van der Waals surface area contributed by atoms with Gasteiger partial charge in [-0.3, -0.25) is 20.4 Å². The highest BCUT2D eigenvalue weighted by Gasteiger charge is 2.27. The zero-order valence-corrected chi connectivity index (χ0v) is 18.3. The number of guanidine groups is 2. The molecular formula is C23H26N10. The normalized spacial score (nSPS) is 16.9. The molecule has 0 aromatic heterocycles. The molecule has 2 heterocycles. The molecule has 0 bridgehead atoms. The molecule has 10 nitrogen and oxygen atoms in total. The van der Waals surface area contributed by atoms with E-state index < -0.39 is 0 Å². The van der Waals surface area contributed by atoms with Crippen molar-refractivity contribution in [1.82, 2.24) is 30.2 Å². The minimum Gasteiger partial charge on any atom is -0.311 e. The minimum absolute atomic E-state index is 0.414.